The summed E-state index contributed by atoms with van der Waals surface area (Å²) in [6, 6.07) is 8.71. The summed E-state index contributed by atoms with van der Waals surface area (Å²) in [4.78, 5) is 0. The van der Waals surface area contributed by atoms with Crippen LogP contribution in [0, 0.1) is 6.92 Å². The zero-order chi connectivity index (χ0) is 9.56. The van der Waals surface area contributed by atoms with Crippen LogP contribution in [-0.2, 0) is 0 Å². The van der Waals surface area contributed by atoms with Gasteiger partial charge in [-0.2, -0.15) is 0 Å². The third-order valence-electron chi connectivity index (χ3n) is 1.74. The molecule has 0 bridgehead atoms. The standard InChI is InChI=1S/C10H14.CH3F/c1-8(2)10-6-4-9(3)5-7-10;1-2/h4-8H,1-3H3;1H3. The molecule has 0 nitrogen and oxygen atoms in total. The average molecular weight is 168 g/mol. The molecule has 0 amide bonds. The van der Waals surface area contributed by atoms with Gasteiger partial charge in [-0.3, -0.25) is 4.39 Å². The van der Waals surface area contributed by atoms with Crippen LogP contribution in [0.1, 0.15) is 30.9 Å². The largest absolute Gasteiger partial charge is 0.255 e. The number of rotatable bonds is 1. The van der Waals surface area contributed by atoms with Gasteiger partial charge in [0.2, 0.25) is 0 Å². The minimum Gasteiger partial charge on any atom is -0.255 e. The van der Waals surface area contributed by atoms with E-state index in [1.54, 1.807) is 0 Å². The van der Waals surface area contributed by atoms with Crippen LogP contribution < -0.4 is 0 Å². The summed E-state index contributed by atoms with van der Waals surface area (Å²) in [7, 11) is 0.500. The Balaban J connectivity index is 0.000000561. The quantitative estimate of drug-likeness (QED) is 0.599. The first-order valence-corrected chi connectivity index (χ1v) is 4.14. The number of hydrogen-bond donors (Lipinski definition) is 0. The number of halogens is 1. The van der Waals surface area contributed by atoms with Gasteiger partial charge in [-0.1, -0.05) is 43.7 Å². The van der Waals surface area contributed by atoms with Crippen LogP contribution in [0.5, 0.6) is 0 Å². The van der Waals surface area contributed by atoms with Crippen molar-refractivity contribution >= 4 is 0 Å². The van der Waals surface area contributed by atoms with Crippen molar-refractivity contribution in [2.75, 3.05) is 7.18 Å². The van der Waals surface area contributed by atoms with Crippen LogP contribution in [-0.4, -0.2) is 7.18 Å². The molecule has 1 rings (SSSR count). The normalized spacial score (nSPS) is 9.17. The summed E-state index contributed by atoms with van der Waals surface area (Å²) in [6.45, 7) is 6.54. The smallest absolute Gasteiger partial charge is 0.0785 e. The molecule has 0 fully saturated rings. The zero-order valence-electron chi connectivity index (χ0n) is 8.26. The zero-order valence-corrected chi connectivity index (χ0v) is 8.26. The highest BCUT2D eigenvalue weighted by Gasteiger charge is 1.95. The Morgan fingerprint density at radius 3 is 1.75 bits per heavy atom. The van der Waals surface area contributed by atoms with Gasteiger partial charge >= 0.3 is 0 Å². The van der Waals surface area contributed by atoms with Crippen molar-refractivity contribution in [1.82, 2.24) is 0 Å². The predicted octanol–water partition coefficient (Wildman–Crippen LogP) is 3.70. The summed E-state index contributed by atoms with van der Waals surface area (Å²) in [6.07, 6.45) is 0. The maximum absolute atomic E-state index is 9.50. The lowest BCUT2D eigenvalue weighted by Gasteiger charge is -2.03. The van der Waals surface area contributed by atoms with Gasteiger partial charge in [0.1, 0.15) is 0 Å². The van der Waals surface area contributed by atoms with E-state index in [-0.39, 0.29) is 0 Å². The van der Waals surface area contributed by atoms with Gasteiger partial charge < -0.3 is 0 Å². The second-order valence-electron chi connectivity index (χ2n) is 3.07. The Hall–Kier alpha value is -0.850. The van der Waals surface area contributed by atoms with Crippen LogP contribution in [0.4, 0.5) is 4.39 Å². The Labute approximate surface area is 74.4 Å². The fourth-order valence-corrected chi connectivity index (χ4v) is 0.951. The lowest BCUT2D eigenvalue weighted by molar-refractivity contribution is 0.636. The number of alkyl halides is 1. The number of hydrogen-bond acceptors (Lipinski definition) is 0. The highest BCUT2D eigenvalue weighted by molar-refractivity contribution is 5.23. The summed E-state index contributed by atoms with van der Waals surface area (Å²) < 4.78 is 9.50. The van der Waals surface area contributed by atoms with E-state index in [1.165, 1.54) is 11.1 Å². The maximum Gasteiger partial charge on any atom is 0.0785 e. The molecular formula is C11H17F. The fourth-order valence-electron chi connectivity index (χ4n) is 0.951. The molecule has 0 unspecified atom stereocenters. The van der Waals surface area contributed by atoms with Gasteiger partial charge in [-0.15, -0.1) is 0 Å². The Kier molecular flexibility index (Phi) is 5.35. The van der Waals surface area contributed by atoms with Gasteiger partial charge in [-0.05, 0) is 18.4 Å². The van der Waals surface area contributed by atoms with E-state index in [0.29, 0.717) is 13.1 Å². The molecule has 0 aliphatic carbocycles. The first kappa shape index (κ1) is 11.2. The molecule has 0 N–H and O–H groups in total. The van der Waals surface area contributed by atoms with Gasteiger partial charge in [0.05, 0.1) is 7.18 Å². The highest BCUT2D eigenvalue weighted by atomic mass is 19.1. The lowest BCUT2D eigenvalue weighted by atomic mass is 10.0. The Bertz CT molecular complexity index is 199. The highest BCUT2D eigenvalue weighted by Crippen LogP contribution is 2.13. The van der Waals surface area contributed by atoms with Gasteiger partial charge in [-0.25, -0.2) is 0 Å². The molecule has 0 aliphatic heterocycles. The molecule has 0 atom stereocenters. The molecule has 0 saturated carbocycles. The number of benzene rings is 1. The molecule has 1 aromatic rings. The van der Waals surface area contributed by atoms with E-state index in [2.05, 4.69) is 45.0 Å². The maximum atomic E-state index is 9.50. The molecule has 0 aliphatic rings. The van der Waals surface area contributed by atoms with Crippen LogP contribution in [0.25, 0.3) is 0 Å². The topological polar surface area (TPSA) is 0 Å². The van der Waals surface area contributed by atoms with Crippen LogP contribution >= 0.6 is 0 Å². The van der Waals surface area contributed by atoms with Gasteiger partial charge in [0.15, 0.2) is 0 Å². The summed E-state index contributed by atoms with van der Waals surface area (Å²) in [5.74, 6) is 0.653. The van der Waals surface area contributed by atoms with Crippen LogP contribution in [0.2, 0.25) is 0 Å². The molecule has 68 valence electrons. The third-order valence-corrected chi connectivity index (χ3v) is 1.74. The number of aryl methyl sites for hydroxylation is 1. The molecule has 1 aromatic carbocycles. The third kappa shape index (κ3) is 3.51. The molecular weight excluding hydrogens is 151 g/mol. The monoisotopic (exact) mass is 168 g/mol. The van der Waals surface area contributed by atoms with Crippen molar-refractivity contribution in [2.45, 2.75) is 26.7 Å². The van der Waals surface area contributed by atoms with E-state index in [0.717, 1.165) is 0 Å². The van der Waals surface area contributed by atoms with Crippen molar-refractivity contribution in [2.24, 2.45) is 0 Å². The minimum atomic E-state index is 0.500. The first-order chi connectivity index (χ1) is 5.70. The first-order valence-electron chi connectivity index (χ1n) is 4.14. The SMILES string of the molecule is CF.Cc1ccc(C(C)C)cc1. The Morgan fingerprint density at radius 2 is 1.42 bits per heavy atom. The van der Waals surface area contributed by atoms with E-state index in [4.69, 9.17) is 0 Å². The molecule has 0 spiro atoms. The molecule has 0 radical (unpaired) electrons. The van der Waals surface area contributed by atoms with Gasteiger partial charge in [0.25, 0.3) is 0 Å². The van der Waals surface area contributed by atoms with Crippen LogP contribution in [0.15, 0.2) is 24.3 Å². The molecule has 12 heavy (non-hydrogen) atoms. The van der Waals surface area contributed by atoms with E-state index >= 15 is 0 Å². The van der Waals surface area contributed by atoms with E-state index < -0.39 is 0 Å². The minimum absolute atomic E-state index is 0.500. The molecule has 0 heterocycles. The summed E-state index contributed by atoms with van der Waals surface area (Å²) >= 11 is 0. The Morgan fingerprint density at radius 1 is 1.00 bits per heavy atom. The van der Waals surface area contributed by atoms with Crippen molar-refractivity contribution < 1.29 is 4.39 Å². The van der Waals surface area contributed by atoms with E-state index in [9.17, 15) is 4.39 Å². The average Bonchev–Trinajstić information content (AvgIpc) is 2.09. The van der Waals surface area contributed by atoms with Crippen molar-refractivity contribution in [3.8, 4) is 0 Å². The summed E-state index contributed by atoms with van der Waals surface area (Å²) in [5.41, 5.74) is 2.76. The van der Waals surface area contributed by atoms with Gasteiger partial charge in [0, 0.05) is 0 Å². The molecule has 1 heteroatoms. The second-order valence-corrected chi connectivity index (χ2v) is 3.07. The molecule has 0 aromatic heterocycles. The predicted molar refractivity (Wildman–Crippen MR) is 52.3 cm³/mol. The van der Waals surface area contributed by atoms with Crippen molar-refractivity contribution in [3.63, 3.8) is 0 Å². The second kappa shape index (κ2) is 5.76. The fraction of sp³-hybridized carbons (Fsp3) is 0.455. The van der Waals surface area contributed by atoms with Crippen molar-refractivity contribution in [1.29, 1.82) is 0 Å². The van der Waals surface area contributed by atoms with Crippen molar-refractivity contribution in [3.05, 3.63) is 35.4 Å². The van der Waals surface area contributed by atoms with E-state index in [1.807, 2.05) is 0 Å². The summed E-state index contributed by atoms with van der Waals surface area (Å²) in [5, 5.41) is 0. The lowest BCUT2D eigenvalue weighted by Crippen LogP contribution is -1.85. The van der Waals surface area contributed by atoms with Crippen LogP contribution in [0.3, 0.4) is 0 Å². The molecule has 0 saturated heterocycles.